The van der Waals surface area contributed by atoms with Gasteiger partial charge in [0.05, 0.1) is 0 Å². The number of hydrogen-bond donors (Lipinski definition) is 1. The normalized spacial score (nSPS) is 30.2. The molecule has 0 bridgehead atoms. The summed E-state index contributed by atoms with van der Waals surface area (Å²) in [7, 11) is 2.21. The van der Waals surface area contributed by atoms with Gasteiger partial charge in [-0.15, -0.1) is 0 Å². The van der Waals surface area contributed by atoms with Crippen LogP contribution >= 0.6 is 0 Å². The van der Waals surface area contributed by atoms with E-state index in [1.54, 1.807) is 0 Å². The summed E-state index contributed by atoms with van der Waals surface area (Å²) < 4.78 is 5.53. The van der Waals surface area contributed by atoms with Gasteiger partial charge in [-0.2, -0.15) is 0 Å². The van der Waals surface area contributed by atoms with Gasteiger partial charge < -0.3 is 10.5 Å². The highest BCUT2D eigenvalue weighted by Gasteiger charge is 2.35. The minimum absolute atomic E-state index is 0.173. The average molecular weight is 214 g/mol. The fourth-order valence-electron chi connectivity index (χ4n) is 2.43. The van der Waals surface area contributed by atoms with Crippen molar-refractivity contribution in [3.8, 4) is 0 Å². The Labute approximate surface area is 94.0 Å². The second-order valence-corrected chi connectivity index (χ2v) is 4.76. The SMILES string of the molecule is CCC(C)N(C)C1(CN)CCCOCC1. The zero-order chi connectivity index (χ0) is 11.3. The molecule has 3 heteroatoms. The Balaban J connectivity index is 2.71. The minimum Gasteiger partial charge on any atom is -0.381 e. The number of likely N-dealkylation sites (N-methyl/N-ethyl adjacent to an activating group) is 1. The number of nitrogens with zero attached hydrogens (tertiary/aromatic N) is 1. The van der Waals surface area contributed by atoms with Crippen molar-refractivity contribution in [1.82, 2.24) is 4.90 Å². The second-order valence-electron chi connectivity index (χ2n) is 4.76. The predicted molar refractivity (Wildman–Crippen MR) is 64.0 cm³/mol. The number of nitrogens with two attached hydrogens (primary N) is 1. The molecule has 0 radical (unpaired) electrons. The molecule has 0 amide bonds. The van der Waals surface area contributed by atoms with Gasteiger partial charge in [0.2, 0.25) is 0 Å². The third kappa shape index (κ3) is 2.92. The van der Waals surface area contributed by atoms with Crippen molar-refractivity contribution in [2.24, 2.45) is 5.73 Å². The topological polar surface area (TPSA) is 38.5 Å². The lowest BCUT2D eigenvalue weighted by Crippen LogP contribution is -2.55. The highest BCUT2D eigenvalue weighted by atomic mass is 16.5. The monoisotopic (exact) mass is 214 g/mol. The molecule has 1 aliphatic heterocycles. The molecule has 0 saturated carbocycles. The van der Waals surface area contributed by atoms with Crippen LogP contribution in [0.4, 0.5) is 0 Å². The Kier molecular flexibility index (Phi) is 5.03. The first-order chi connectivity index (χ1) is 7.16. The number of ether oxygens (including phenoxy) is 1. The Morgan fingerprint density at radius 1 is 1.40 bits per heavy atom. The van der Waals surface area contributed by atoms with Crippen LogP contribution in [-0.4, -0.2) is 43.3 Å². The molecule has 1 aliphatic rings. The molecule has 2 unspecified atom stereocenters. The van der Waals surface area contributed by atoms with Gasteiger partial charge in [0.1, 0.15) is 0 Å². The van der Waals surface area contributed by atoms with Crippen LogP contribution in [0.1, 0.15) is 39.5 Å². The number of hydrogen-bond acceptors (Lipinski definition) is 3. The molecule has 0 aromatic heterocycles. The molecule has 3 nitrogen and oxygen atoms in total. The van der Waals surface area contributed by atoms with Gasteiger partial charge >= 0.3 is 0 Å². The quantitative estimate of drug-likeness (QED) is 0.773. The van der Waals surface area contributed by atoms with Crippen molar-refractivity contribution >= 4 is 0 Å². The lowest BCUT2D eigenvalue weighted by Gasteiger charge is -2.43. The lowest BCUT2D eigenvalue weighted by molar-refractivity contribution is 0.0585. The molecule has 1 fully saturated rings. The standard InChI is InChI=1S/C12H26N2O/c1-4-11(2)14(3)12(10-13)6-5-8-15-9-7-12/h11H,4-10,13H2,1-3H3. The van der Waals surface area contributed by atoms with Gasteiger partial charge in [-0.05, 0) is 39.7 Å². The maximum absolute atomic E-state index is 6.00. The van der Waals surface area contributed by atoms with Gasteiger partial charge in [-0.3, -0.25) is 4.90 Å². The van der Waals surface area contributed by atoms with Gasteiger partial charge in [0, 0.05) is 31.3 Å². The van der Waals surface area contributed by atoms with E-state index in [0.717, 1.165) is 32.6 Å². The Hall–Kier alpha value is -0.120. The molecule has 0 spiro atoms. The minimum atomic E-state index is 0.173. The average Bonchev–Trinajstić information content (AvgIpc) is 2.53. The van der Waals surface area contributed by atoms with E-state index in [-0.39, 0.29) is 5.54 Å². The largest absolute Gasteiger partial charge is 0.381 e. The van der Waals surface area contributed by atoms with Crippen LogP contribution in [0.25, 0.3) is 0 Å². The van der Waals surface area contributed by atoms with Crippen molar-refractivity contribution in [3.63, 3.8) is 0 Å². The van der Waals surface area contributed by atoms with Crippen LogP contribution in [0.15, 0.2) is 0 Å². The van der Waals surface area contributed by atoms with Crippen LogP contribution in [0.3, 0.4) is 0 Å². The summed E-state index contributed by atoms with van der Waals surface area (Å²) in [5, 5.41) is 0. The molecule has 2 N–H and O–H groups in total. The third-order valence-electron chi connectivity index (χ3n) is 4.02. The van der Waals surface area contributed by atoms with Crippen LogP contribution < -0.4 is 5.73 Å². The van der Waals surface area contributed by atoms with Crippen LogP contribution in [0.2, 0.25) is 0 Å². The molecule has 1 heterocycles. The van der Waals surface area contributed by atoms with Gasteiger partial charge in [0.15, 0.2) is 0 Å². The van der Waals surface area contributed by atoms with E-state index in [4.69, 9.17) is 10.5 Å². The fourth-order valence-corrected chi connectivity index (χ4v) is 2.43. The highest BCUT2D eigenvalue weighted by Crippen LogP contribution is 2.28. The van der Waals surface area contributed by atoms with Crippen LogP contribution in [0.5, 0.6) is 0 Å². The second kappa shape index (κ2) is 5.83. The van der Waals surface area contributed by atoms with E-state index < -0.39 is 0 Å². The summed E-state index contributed by atoms with van der Waals surface area (Å²) in [6.45, 7) is 7.02. The van der Waals surface area contributed by atoms with Gasteiger partial charge in [0.25, 0.3) is 0 Å². The van der Waals surface area contributed by atoms with Crippen molar-refractivity contribution in [2.45, 2.75) is 51.1 Å². The lowest BCUT2D eigenvalue weighted by atomic mass is 9.87. The molecule has 1 saturated heterocycles. The number of rotatable bonds is 4. The Morgan fingerprint density at radius 2 is 2.13 bits per heavy atom. The van der Waals surface area contributed by atoms with E-state index in [1.165, 1.54) is 12.8 Å². The first-order valence-electron chi connectivity index (χ1n) is 6.17. The van der Waals surface area contributed by atoms with Crippen LogP contribution in [0, 0.1) is 0 Å². The van der Waals surface area contributed by atoms with E-state index in [2.05, 4.69) is 25.8 Å². The summed E-state index contributed by atoms with van der Waals surface area (Å²) in [6, 6.07) is 0.603. The molecule has 90 valence electrons. The molecular formula is C12H26N2O. The summed E-state index contributed by atoms with van der Waals surface area (Å²) in [6.07, 6.45) is 4.56. The van der Waals surface area contributed by atoms with Crippen LogP contribution in [-0.2, 0) is 4.74 Å². The highest BCUT2D eigenvalue weighted by molar-refractivity contribution is 4.93. The van der Waals surface area contributed by atoms with E-state index in [1.807, 2.05) is 0 Å². The molecule has 2 atom stereocenters. The predicted octanol–water partition coefficient (Wildman–Crippen LogP) is 1.61. The molecule has 0 aliphatic carbocycles. The van der Waals surface area contributed by atoms with Crippen molar-refractivity contribution in [3.05, 3.63) is 0 Å². The molecule has 0 aromatic rings. The van der Waals surface area contributed by atoms with Crippen molar-refractivity contribution in [2.75, 3.05) is 26.8 Å². The van der Waals surface area contributed by atoms with E-state index >= 15 is 0 Å². The van der Waals surface area contributed by atoms with E-state index in [0.29, 0.717) is 6.04 Å². The third-order valence-corrected chi connectivity index (χ3v) is 4.02. The maximum Gasteiger partial charge on any atom is 0.0484 e. The summed E-state index contributed by atoms with van der Waals surface area (Å²) in [5.74, 6) is 0. The molecule has 15 heavy (non-hydrogen) atoms. The fraction of sp³-hybridized carbons (Fsp3) is 1.00. The van der Waals surface area contributed by atoms with Crippen molar-refractivity contribution in [1.29, 1.82) is 0 Å². The Bertz CT molecular complexity index is 176. The zero-order valence-electron chi connectivity index (χ0n) is 10.5. The molecule has 1 rings (SSSR count). The summed E-state index contributed by atoms with van der Waals surface area (Å²) in [5.41, 5.74) is 6.18. The smallest absolute Gasteiger partial charge is 0.0484 e. The zero-order valence-corrected chi connectivity index (χ0v) is 10.5. The summed E-state index contributed by atoms with van der Waals surface area (Å²) in [4.78, 5) is 2.47. The Morgan fingerprint density at radius 3 is 2.73 bits per heavy atom. The summed E-state index contributed by atoms with van der Waals surface area (Å²) >= 11 is 0. The van der Waals surface area contributed by atoms with Gasteiger partial charge in [-0.1, -0.05) is 6.92 Å². The maximum atomic E-state index is 6.00. The van der Waals surface area contributed by atoms with E-state index in [9.17, 15) is 0 Å². The molecular weight excluding hydrogens is 188 g/mol. The van der Waals surface area contributed by atoms with Crippen molar-refractivity contribution < 1.29 is 4.74 Å². The first kappa shape index (κ1) is 12.9. The van der Waals surface area contributed by atoms with Gasteiger partial charge in [-0.25, -0.2) is 0 Å². The molecule has 0 aromatic carbocycles. The first-order valence-corrected chi connectivity index (χ1v) is 6.17.